The molecule has 7 nitrogen and oxygen atoms in total. The van der Waals surface area contributed by atoms with Crippen LogP contribution in [-0.2, 0) is 0 Å². The SMILES string of the molecule is O=[N+]([O-])c1cc(C#CCN2CCCCC2)ccc1OCCCCCNc1cc(Br)ccn1. The van der Waals surface area contributed by atoms with E-state index >= 15 is 0 Å². The Bertz CT molecular complexity index is 952. The topological polar surface area (TPSA) is 80.5 Å². The van der Waals surface area contributed by atoms with Crippen LogP contribution in [0.15, 0.2) is 41.0 Å². The van der Waals surface area contributed by atoms with Crippen LogP contribution in [0.5, 0.6) is 5.75 Å². The van der Waals surface area contributed by atoms with Gasteiger partial charge in [-0.3, -0.25) is 15.0 Å². The van der Waals surface area contributed by atoms with Gasteiger partial charge in [-0.25, -0.2) is 4.98 Å². The minimum Gasteiger partial charge on any atom is -0.487 e. The van der Waals surface area contributed by atoms with E-state index in [4.69, 9.17) is 4.74 Å². The van der Waals surface area contributed by atoms with Gasteiger partial charge in [0.05, 0.1) is 18.1 Å². The van der Waals surface area contributed by atoms with Crippen molar-refractivity contribution in [1.29, 1.82) is 0 Å². The number of anilines is 1. The Morgan fingerprint density at radius 2 is 2.00 bits per heavy atom. The highest BCUT2D eigenvalue weighted by Crippen LogP contribution is 2.28. The first-order chi connectivity index (χ1) is 15.6. The second kappa shape index (κ2) is 13.0. The lowest BCUT2D eigenvalue weighted by molar-refractivity contribution is -0.385. The molecule has 1 N–H and O–H groups in total. The van der Waals surface area contributed by atoms with E-state index in [2.05, 4.69) is 43.0 Å². The largest absolute Gasteiger partial charge is 0.487 e. The number of nitro groups is 1. The molecule has 0 saturated carbocycles. The Balaban J connectivity index is 1.41. The predicted molar refractivity (Wildman–Crippen MR) is 130 cm³/mol. The van der Waals surface area contributed by atoms with Gasteiger partial charge in [0.25, 0.3) is 0 Å². The van der Waals surface area contributed by atoms with Gasteiger partial charge in [-0.15, -0.1) is 0 Å². The molecule has 8 heteroatoms. The molecule has 0 radical (unpaired) electrons. The van der Waals surface area contributed by atoms with Crippen LogP contribution in [0, 0.1) is 22.0 Å². The number of likely N-dealkylation sites (tertiary alicyclic amines) is 1. The molecule has 0 bridgehead atoms. The molecule has 2 heterocycles. The standard InChI is InChI=1S/C24H29BrN4O3/c25-21-11-13-27-24(19-21)26-12-3-1-6-17-32-23-10-9-20(18-22(23)29(30)31)8-7-16-28-14-4-2-5-15-28/h9-11,13,18-19H,1-6,12,14-17H2,(H,26,27). The number of rotatable bonds is 10. The molecule has 1 aliphatic rings. The maximum absolute atomic E-state index is 11.5. The van der Waals surface area contributed by atoms with Crippen molar-refractivity contribution in [2.45, 2.75) is 38.5 Å². The van der Waals surface area contributed by atoms with Gasteiger partial charge in [0.1, 0.15) is 5.82 Å². The van der Waals surface area contributed by atoms with Crippen molar-refractivity contribution in [3.8, 4) is 17.6 Å². The minimum absolute atomic E-state index is 0.0304. The number of hydrogen-bond acceptors (Lipinski definition) is 6. The van der Waals surface area contributed by atoms with Crippen LogP contribution in [0.1, 0.15) is 44.1 Å². The van der Waals surface area contributed by atoms with Crippen LogP contribution in [-0.4, -0.2) is 47.6 Å². The van der Waals surface area contributed by atoms with Gasteiger partial charge >= 0.3 is 5.69 Å². The first-order valence-electron chi connectivity index (χ1n) is 11.1. The lowest BCUT2D eigenvalue weighted by atomic mass is 10.1. The molecular formula is C24H29BrN4O3. The fourth-order valence-electron chi connectivity index (χ4n) is 3.53. The van der Waals surface area contributed by atoms with Crippen LogP contribution in [0.25, 0.3) is 0 Å². The molecule has 1 aromatic carbocycles. The van der Waals surface area contributed by atoms with Gasteiger partial charge in [-0.2, -0.15) is 0 Å². The molecule has 1 fully saturated rings. The monoisotopic (exact) mass is 500 g/mol. The zero-order valence-electron chi connectivity index (χ0n) is 18.2. The Morgan fingerprint density at radius 1 is 1.16 bits per heavy atom. The summed E-state index contributed by atoms with van der Waals surface area (Å²) in [5, 5.41) is 14.8. The van der Waals surface area contributed by atoms with E-state index in [0.29, 0.717) is 24.5 Å². The summed E-state index contributed by atoms with van der Waals surface area (Å²) in [5.41, 5.74) is 0.616. The molecule has 3 rings (SSSR count). The summed E-state index contributed by atoms with van der Waals surface area (Å²) < 4.78 is 6.69. The molecule has 2 aromatic rings. The van der Waals surface area contributed by atoms with Crippen LogP contribution >= 0.6 is 15.9 Å². The number of nitro benzene ring substituents is 1. The molecule has 0 amide bonds. The molecule has 0 atom stereocenters. The van der Waals surface area contributed by atoms with Gasteiger partial charge in [0.15, 0.2) is 5.75 Å². The average molecular weight is 501 g/mol. The number of pyridine rings is 1. The number of piperidine rings is 1. The summed E-state index contributed by atoms with van der Waals surface area (Å²) in [4.78, 5) is 17.7. The summed E-state index contributed by atoms with van der Waals surface area (Å²) in [6, 6.07) is 8.78. The number of hydrogen-bond donors (Lipinski definition) is 1. The van der Waals surface area contributed by atoms with Gasteiger partial charge in [-0.1, -0.05) is 34.2 Å². The average Bonchev–Trinajstić information content (AvgIpc) is 2.79. The quantitative estimate of drug-likeness (QED) is 0.207. The lowest BCUT2D eigenvalue weighted by Gasteiger charge is -2.23. The van der Waals surface area contributed by atoms with Gasteiger partial charge < -0.3 is 10.1 Å². The number of halogens is 1. The van der Waals surface area contributed by atoms with Crippen molar-refractivity contribution < 1.29 is 9.66 Å². The third-order valence-electron chi connectivity index (χ3n) is 5.25. The molecule has 1 aliphatic heterocycles. The lowest BCUT2D eigenvalue weighted by Crippen LogP contribution is -2.29. The predicted octanol–water partition coefficient (Wildman–Crippen LogP) is 5.25. The summed E-state index contributed by atoms with van der Waals surface area (Å²) in [7, 11) is 0. The maximum Gasteiger partial charge on any atom is 0.312 e. The zero-order chi connectivity index (χ0) is 22.6. The Kier molecular flexibility index (Phi) is 9.79. The fraction of sp³-hybridized carbons (Fsp3) is 0.458. The zero-order valence-corrected chi connectivity index (χ0v) is 19.8. The van der Waals surface area contributed by atoms with Crippen molar-refractivity contribution in [2.75, 3.05) is 38.1 Å². The molecule has 0 spiro atoms. The Labute approximate surface area is 197 Å². The number of ether oxygens (including phenoxy) is 1. The smallest absolute Gasteiger partial charge is 0.312 e. The highest BCUT2D eigenvalue weighted by atomic mass is 79.9. The van der Waals surface area contributed by atoms with Crippen LogP contribution < -0.4 is 10.1 Å². The highest BCUT2D eigenvalue weighted by molar-refractivity contribution is 9.10. The maximum atomic E-state index is 11.5. The number of benzene rings is 1. The third kappa shape index (κ3) is 8.13. The number of unbranched alkanes of at least 4 members (excludes halogenated alkanes) is 2. The third-order valence-corrected chi connectivity index (χ3v) is 5.74. The second-order valence-electron chi connectivity index (χ2n) is 7.77. The summed E-state index contributed by atoms with van der Waals surface area (Å²) in [5.74, 6) is 7.34. The second-order valence-corrected chi connectivity index (χ2v) is 8.69. The number of aromatic nitrogens is 1. The number of nitrogens with one attached hydrogen (secondary N) is 1. The van der Waals surface area contributed by atoms with Gasteiger partial charge in [-0.05, 0) is 69.5 Å². The fourth-order valence-corrected chi connectivity index (χ4v) is 3.87. The van der Waals surface area contributed by atoms with Crippen molar-refractivity contribution >= 4 is 27.4 Å². The minimum atomic E-state index is -0.403. The molecule has 32 heavy (non-hydrogen) atoms. The first kappa shape index (κ1) is 24.0. The molecule has 1 saturated heterocycles. The molecule has 1 aromatic heterocycles. The molecule has 0 unspecified atom stereocenters. The van der Waals surface area contributed by atoms with Gasteiger partial charge in [0.2, 0.25) is 0 Å². The number of nitrogens with zero attached hydrogens (tertiary/aromatic N) is 3. The Morgan fingerprint density at radius 3 is 2.78 bits per heavy atom. The van der Waals surface area contributed by atoms with Crippen molar-refractivity contribution in [3.05, 3.63) is 56.7 Å². The van der Waals surface area contributed by atoms with Crippen molar-refractivity contribution in [2.24, 2.45) is 0 Å². The van der Waals surface area contributed by atoms with Gasteiger partial charge in [0, 0.05) is 28.8 Å². The van der Waals surface area contributed by atoms with E-state index < -0.39 is 4.92 Å². The molecular weight excluding hydrogens is 472 g/mol. The van der Waals surface area contributed by atoms with E-state index in [1.54, 1.807) is 18.3 Å². The first-order valence-corrected chi connectivity index (χ1v) is 11.9. The molecule has 170 valence electrons. The van der Waals surface area contributed by atoms with Crippen LogP contribution in [0.3, 0.4) is 0 Å². The summed E-state index contributed by atoms with van der Waals surface area (Å²) in [6.45, 7) is 4.13. The summed E-state index contributed by atoms with van der Waals surface area (Å²) >= 11 is 3.42. The van der Waals surface area contributed by atoms with Crippen molar-refractivity contribution in [3.63, 3.8) is 0 Å². The Hall–Kier alpha value is -2.63. The van der Waals surface area contributed by atoms with E-state index in [0.717, 1.165) is 49.2 Å². The summed E-state index contributed by atoms with van der Waals surface area (Å²) in [6.07, 6.45) is 8.22. The van der Waals surface area contributed by atoms with Crippen molar-refractivity contribution in [1.82, 2.24) is 9.88 Å². The van der Waals surface area contributed by atoms with Crippen LogP contribution in [0.4, 0.5) is 11.5 Å². The van der Waals surface area contributed by atoms with E-state index in [9.17, 15) is 10.1 Å². The molecule has 0 aliphatic carbocycles. The van der Waals surface area contributed by atoms with E-state index in [-0.39, 0.29) is 5.69 Å². The van der Waals surface area contributed by atoms with E-state index in [1.807, 2.05) is 12.1 Å². The highest BCUT2D eigenvalue weighted by Gasteiger charge is 2.15. The normalized spacial score (nSPS) is 13.8. The van der Waals surface area contributed by atoms with Crippen LogP contribution in [0.2, 0.25) is 0 Å². The van der Waals surface area contributed by atoms with E-state index in [1.165, 1.54) is 25.3 Å².